The standard InChI is InChI=1S/C30H32ClN9O2/c1-6-27(41)34-22-14-23(26(42-5)15-25(22)39(4)12-11-38(2)3)36-30-33-17-20(31)29(37-30)40-24-10-7-18(16-32)13-21(24)35-28(40)19-8-9-19/h6-7,10,13-15,17,19H,1,8-9,11-12H2,2-5H3,(H,34,41)(H,33,36,37). The van der Waals surface area contributed by atoms with Crippen LogP contribution in [-0.4, -0.2) is 71.7 Å². The maximum Gasteiger partial charge on any atom is 0.247 e. The average Bonchev–Trinajstić information content (AvgIpc) is 3.76. The van der Waals surface area contributed by atoms with Crippen LogP contribution in [0.2, 0.25) is 5.02 Å². The van der Waals surface area contributed by atoms with E-state index < -0.39 is 0 Å². The van der Waals surface area contributed by atoms with Crippen LogP contribution in [0.5, 0.6) is 5.75 Å². The number of hydrogen-bond donors (Lipinski definition) is 2. The Morgan fingerprint density at radius 1 is 1.21 bits per heavy atom. The summed E-state index contributed by atoms with van der Waals surface area (Å²) >= 11 is 6.67. The Morgan fingerprint density at radius 3 is 2.67 bits per heavy atom. The van der Waals surface area contributed by atoms with Gasteiger partial charge in [-0.1, -0.05) is 18.2 Å². The minimum Gasteiger partial charge on any atom is -0.494 e. The number of rotatable bonds is 11. The highest BCUT2D eigenvalue weighted by Crippen LogP contribution is 2.43. The zero-order valence-electron chi connectivity index (χ0n) is 24.0. The SMILES string of the molecule is C=CC(=O)Nc1cc(Nc2ncc(Cl)c(-n3c(C4CC4)nc4cc(C#N)ccc43)n2)c(OC)cc1N(C)CCN(C)C. The monoisotopic (exact) mass is 585 g/mol. The molecule has 2 N–H and O–H groups in total. The summed E-state index contributed by atoms with van der Waals surface area (Å²) in [4.78, 5) is 30.5. The molecular formula is C30H32ClN9O2. The van der Waals surface area contributed by atoms with E-state index in [0.717, 1.165) is 43.0 Å². The number of ether oxygens (including phenoxy) is 1. The number of halogens is 1. The Morgan fingerprint density at radius 2 is 2.00 bits per heavy atom. The number of nitrogens with one attached hydrogen (secondary N) is 2. The van der Waals surface area contributed by atoms with Gasteiger partial charge in [0.05, 0.1) is 53.0 Å². The van der Waals surface area contributed by atoms with Gasteiger partial charge >= 0.3 is 0 Å². The number of benzene rings is 2. The number of aromatic nitrogens is 4. The molecule has 0 radical (unpaired) electrons. The van der Waals surface area contributed by atoms with Gasteiger partial charge in [-0.05, 0) is 57.3 Å². The van der Waals surface area contributed by atoms with E-state index in [-0.39, 0.29) is 11.9 Å². The Balaban J connectivity index is 1.56. The first-order chi connectivity index (χ1) is 20.2. The number of hydrogen-bond acceptors (Lipinski definition) is 9. The van der Waals surface area contributed by atoms with E-state index in [9.17, 15) is 10.1 Å². The lowest BCUT2D eigenvalue weighted by Gasteiger charge is -2.26. The van der Waals surface area contributed by atoms with Crippen molar-refractivity contribution in [1.29, 1.82) is 5.26 Å². The molecule has 0 aliphatic heterocycles. The maximum atomic E-state index is 12.3. The fraction of sp³-hybridized carbons (Fsp3) is 0.300. The molecule has 1 fully saturated rings. The molecule has 4 aromatic rings. The van der Waals surface area contributed by atoms with Crippen LogP contribution in [0.4, 0.5) is 23.0 Å². The number of amides is 1. The molecule has 0 bridgehead atoms. The lowest BCUT2D eigenvalue weighted by atomic mass is 10.2. The molecule has 2 aromatic carbocycles. The summed E-state index contributed by atoms with van der Waals surface area (Å²) in [6.07, 6.45) is 4.80. The largest absolute Gasteiger partial charge is 0.494 e. The van der Waals surface area contributed by atoms with Crippen molar-refractivity contribution in [1.82, 2.24) is 24.4 Å². The van der Waals surface area contributed by atoms with Crippen molar-refractivity contribution in [3.05, 3.63) is 65.6 Å². The number of carbonyl (C=O) groups excluding carboxylic acids is 1. The van der Waals surface area contributed by atoms with Gasteiger partial charge in [-0.2, -0.15) is 10.2 Å². The minimum atomic E-state index is -0.336. The highest BCUT2D eigenvalue weighted by atomic mass is 35.5. The van der Waals surface area contributed by atoms with Crippen molar-refractivity contribution in [3.8, 4) is 17.6 Å². The Hall–Kier alpha value is -4.66. The maximum absolute atomic E-state index is 12.3. The quantitative estimate of drug-likeness (QED) is 0.231. The molecule has 216 valence electrons. The zero-order chi connectivity index (χ0) is 30.0. The fourth-order valence-corrected chi connectivity index (χ4v) is 4.78. The zero-order valence-corrected chi connectivity index (χ0v) is 24.7. The van der Waals surface area contributed by atoms with Crippen LogP contribution >= 0.6 is 11.6 Å². The van der Waals surface area contributed by atoms with Crippen LogP contribution in [0.25, 0.3) is 16.9 Å². The normalized spacial score (nSPS) is 12.7. The lowest BCUT2D eigenvalue weighted by Crippen LogP contribution is -2.29. The van der Waals surface area contributed by atoms with E-state index in [1.807, 2.05) is 42.7 Å². The molecule has 12 heteroatoms. The van der Waals surface area contributed by atoms with E-state index >= 15 is 0 Å². The minimum absolute atomic E-state index is 0.277. The van der Waals surface area contributed by atoms with E-state index in [1.165, 1.54) is 12.3 Å². The van der Waals surface area contributed by atoms with Gasteiger partial charge in [0.25, 0.3) is 0 Å². The summed E-state index contributed by atoms with van der Waals surface area (Å²) in [7, 11) is 7.54. The van der Waals surface area contributed by atoms with Crippen molar-refractivity contribution in [3.63, 3.8) is 0 Å². The predicted molar refractivity (Wildman–Crippen MR) is 165 cm³/mol. The van der Waals surface area contributed by atoms with Gasteiger partial charge in [0, 0.05) is 32.1 Å². The molecule has 42 heavy (non-hydrogen) atoms. The number of nitrogens with zero attached hydrogens (tertiary/aromatic N) is 7. The molecule has 0 atom stereocenters. The molecule has 2 aromatic heterocycles. The molecule has 1 amide bonds. The van der Waals surface area contributed by atoms with Crippen LogP contribution in [-0.2, 0) is 4.79 Å². The molecule has 1 saturated carbocycles. The van der Waals surface area contributed by atoms with Crippen molar-refractivity contribution < 1.29 is 9.53 Å². The van der Waals surface area contributed by atoms with Gasteiger partial charge in [-0.25, -0.2) is 9.97 Å². The van der Waals surface area contributed by atoms with Gasteiger partial charge in [0.15, 0.2) is 5.82 Å². The fourth-order valence-electron chi connectivity index (χ4n) is 4.61. The van der Waals surface area contributed by atoms with Gasteiger partial charge in [-0.15, -0.1) is 0 Å². The first kappa shape index (κ1) is 28.9. The molecular weight excluding hydrogens is 554 g/mol. The second-order valence-electron chi connectivity index (χ2n) is 10.4. The molecule has 2 heterocycles. The molecule has 0 unspecified atom stereocenters. The van der Waals surface area contributed by atoms with Crippen LogP contribution in [0.1, 0.15) is 30.1 Å². The number of carbonyl (C=O) groups is 1. The second-order valence-corrected chi connectivity index (χ2v) is 10.8. The molecule has 1 aliphatic rings. The summed E-state index contributed by atoms with van der Waals surface area (Å²) in [6, 6.07) is 11.2. The summed E-state index contributed by atoms with van der Waals surface area (Å²) < 4.78 is 7.67. The van der Waals surface area contributed by atoms with Crippen LogP contribution in [0.15, 0.2) is 49.2 Å². The summed E-state index contributed by atoms with van der Waals surface area (Å²) in [5, 5.41) is 15.9. The van der Waals surface area contributed by atoms with Gasteiger partial charge in [-0.3, -0.25) is 9.36 Å². The van der Waals surface area contributed by atoms with Crippen LogP contribution in [0.3, 0.4) is 0 Å². The number of methoxy groups -OCH3 is 1. The number of fused-ring (bicyclic) bond motifs is 1. The third-order valence-electron chi connectivity index (χ3n) is 6.99. The van der Waals surface area contributed by atoms with E-state index in [1.54, 1.807) is 25.3 Å². The first-order valence-corrected chi connectivity index (χ1v) is 13.8. The van der Waals surface area contributed by atoms with Crippen LogP contribution in [0, 0.1) is 11.3 Å². The average molecular weight is 586 g/mol. The van der Waals surface area contributed by atoms with Crippen molar-refractivity contribution in [2.45, 2.75) is 18.8 Å². The topological polar surface area (TPSA) is 124 Å². The summed E-state index contributed by atoms with van der Waals surface area (Å²) in [5.41, 5.74) is 3.95. The summed E-state index contributed by atoms with van der Waals surface area (Å²) in [6.45, 7) is 5.13. The molecule has 0 spiro atoms. The van der Waals surface area contributed by atoms with Gasteiger partial charge in [0.1, 0.15) is 16.6 Å². The van der Waals surface area contributed by atoms with Crippen molar-refractivity contribution in [2.24, 2.45) is 0 Å². The summed E-state index contributed by atoms with van der Waals surface area (Å²) in [5.74, 6) is 2.09. The van der Waals surface area contributed by atoms with Crippen molar-refractivity contribution >= 4 is 51.6 Å². The highest BCUT2D eigenvalue weighted by Gasteiger charge is 2.31. The number of nitriles is 1. The number of likely N-dealkylation sites (N-methyl/N-ethyl adjacent to an activating group) is 2. The lowest BCUT2D eigenvalue weighted by molar-refractivity contribution is -0.111. The number of imidazole rings is 1. The van der Waals surface area contributed by atoms with Crippen LogP contribution < -0.4 is 20.3 Å². The Bertz CT molecular complexity index is 1710. The first-order valence-electron chi connectivity index (χ1n) is 13.5. The third-order valence-corrected chi connectivity index (χ3v) is 7.26. The van der Waals surface area contributed by atoms with E-state index in [4.69, 9.17) is 26.3 Å². The molecule has 0 saturated heterocycles. The van der Waals surface area contributed by atoms with Crippen molar-refractivity contribution in [2.75, 3.05) is 56.9 Å². The molecule has 5 rings (SSSR count). The smallest absolute Gasteiger partial charge is 0.247 e. The van der Waals surface area contributed by atoms with E-state index in [0.29, 0.717) is 45.0 Å². The molecule has 11 nitrogen and oxygen atoms in total. The highest BCUT2D eigenvalue weighted by molar-refractivity contribution is 6.32. The second kappa shape index (κ2) is 12.1. The molecule has 1 aliphatic carbocycles. The third kappa shape index (κ3) is 6.00. The Labute approximate surface area is 249 Å². The van der Waals surface area contributed by atoms with Gasteiger partial charge < -0.3 is 25.2 Å². The van der Waals surface area contributed by atoms with E-state index in [2.05, 4.69) is 33.2 Å². The van der Waals surface area contributed by atoms with Gasteiger partial charge in [0.2, 0.25) is 11.9 Å². The Kier molecular flexibility index (Phi) is 8.29. The number of anilines is 4. The predicted octanol–water partition coefficient (Wildman–Crippen LogP) is 5.09.